The average Bonchev–Trinajstić information content (AvgIpc) is 2.24. The van der Waals surface area contributed by atoms with Crippen LogP contribution in [0.4, 0.5) is 0 Å². The van der Waals surface area contributed by atoms with Gasteiger partial charge in [-0.05, 0) is 13.1 Å². The van der Waals surface area contributed by atoms with E-state index in [-0.39, 0.29) is 0 Å². The van der Waals surface area contributed by atoms with E-state index < -0.39 is 0 Å². The van der Waals surface area contributed by atoms with E-state index in [1.165, 1.54) is 25.7 Å². The van der Waals surface area contributed by atoms with Gasteiger partial charge in [-0.25, -0.2) is 0 Å². The molecule has 0 spiro atoms. The Balaban J connectivity index is 3.28. The summed E-state index contributed by atoms with van der Waals surface area (Å²) in [4.78, 5) is 2.46. The fraction of sp³-hybridized carbons (Fsp3) is 1.00. The summed E-state index contributed by atoms with van der Waals surface area (Å²) < 4.78 is 11.4. The summed E-state index contributed by atoms with van der Waals surface area (Å²) in [6.07, 6.45) is 2.44. The van der Waals surface area contributed by atoms with Gasteiger partial charge in [-0.1, -0.05) is 35.2 Å². The Labute approximate surface area is 109 Å². The average molecular weight is 325 g/mol. The molecule has 0 aliphatic carbocycles. The van der Waals surface area contributed by atoms with Crippen LogP contribution in [0.2, 0.25) is 12.6 Å². The van der Waals surface area contributed by atoms with Crippen LogP contribution in [0.15, 0.2) is 0 Å². The number of rotatable bonds is 11. The van der Waals surface area contributed by atoms with Crippen molar-refractivity contribution in [3.63, 3.8) is 0 Å². The topological polar surface area (TPSA) is 21.7 Å². The molecule has 0 aliphatic rings. The first-order valence-electron chi connectivity index (χ1n) is 5.78. The predicted octanol–water partition coefficient (Wildman–Crippen LogP) is -0.183. The first-order valence-corrected chi connectivity index (χ1v) is 7.31. The van der Waals surface area contributed by atoms with Gasteiger partial charge < -0.3 is 14.4 Å². The lowest BCUT2D eigenvalue weighted by molar-refractivity contribution is 0.0566. The third kappa shape index (κ3) is 11.0. The van der Waals surface area contributed by atoms with E-state index >= 15 is 0 Å². The fourth-order valence-corrected chi connectivity index (χ4v) is 1.75. The lowest BCUT2D eigenvalue weighted by atomic mass is 10.0. The molecule has 0 saturated heterocycles. The van der Waals surface area contributed by atoms with Crippen LogP contribution < -0.4 is 0 Å². The van der Waals surface area contributed by atoms with E-state index in [1.807, 2.05) is 0 Å². The molecule has 0 bridgehead atoms. The summed E-state index contributed by atoms with van der Waals surface area (Å²) in [5.41, 5.74) is 0. The molecule has 88 valence electrons. The van der Waals surface area contributed by atoms with E-state index in [9.17, 15) is 0 Å². The Kier molecular flexibility index (Phi) is 13.4. The maximum atomic E-state index is 5.49. The molecule has 0 atom stereocenters. The van der Waals surface area contributed by atoms with Crippen molar-refractivity contribution in [3.05, 3.63) is 0 Å². The van der Waals surface area contributed by atoms with Gasteiger partial charge in [-0.2, -0.15) is 0 Å². The van der Waals surface area contributed by atoms with Crippen LogP contribution in [-0.4, -0.2) is 64.7 Å². The highest BCUT2D eigenvalue weighted by Crippen LogP contribution is 1.93. The van der Waals surface area contributed by atoms with Crippen molar-refractivity contribution in [2.45, 2.75) is 12.6 Å². The number of hydrogen-bond donors (Lipinski definition) is 0. The maximum absolute atomic E-state index is 5.49. The van der Waals surface area contributed by atoms with Gasteiger partial charge in [0, 0.05) is 6.54 Å². The Hall–Kier alpha value is 0.740. The Morgan fingerprint density at radius 2 is 1.47 bits per heavy atom. The van der Waals surface area contributed by atoms with Gasteiger partial charge in [0.15, 0.2) is 0 Å². The van der Waals surface area contributed by atoms with Crippen LogP contribution in [-0.2, 0) is 9.47 Å². The zero-order valence-corrected chi connectivity index (χ0v) is 12.2. The molecular formula is C9H22B2INO2. The number of ether oxygens (including phenoxy) is 2. The fourth-order valence-electron chi connectivity index (χ4n) is 1.44. The maximum Gasteiger partial charge on any atom is 0.103 e. The number of halogens is 1. The van der Waals surface area contributed by atoms with Gasteiger partial charge in [0.1, 0.15) is 15.7 Å². The van der Waals surface area contributed by atoms with E-state index in [4.69, 9.17) is 9.47 Å². The standard InChI is InChI=1S/C9H22B2INO2/c10-1-3-13(4-2-11)5-6-14-7-8-15-9-12/h1-11H2. The zero-order valence-electron chi connectivity index (χ0n) is 10.0. The lowest BCUT2D eigenvalue weighted by Gasteiger charge is -2.20. The van der Waals surface area contributed by atoms with E-state index in [1.54, 1.807) is 0 Å². The monoisotopic (exact) mass is 325 g/mol. The smallest absolute Gasteiger partial charge is 0.103 e. The molecule has 0 aromatic carbocycles. The largest absolute Gasteiger partial charge is 0.378 e. The lowest BCUT2D eigenvalue weighted by Crippen LogP contribution is -2.29. The van der Waals surface area contributed by atoms with Crippen molar-refractivity contribution in [1.29, 1.82) is 0 Å². The highest BCUT2D eigenvalue weighted by atomic mass is 127. The molecule has 0 fully saturated rings. The third-order valence-corrected chi connectivity index (χ3v) is 2.52. The highest BCUT2D eigenvalue weighted by molar-refractivity contribution is 14.1. The molecule has 0 rings (SSSR count). The molecule has 6 heteroatoms. The molecule has 0 unspecified atom stereocenters. The van der Waals surface area contributed by atoms with Crippen LogP contribution >= 0.6 is 22.6 Å². The minimum Gasteiger partial charge on any atom is -0.378 e. The summed E-state index contributed by atoms with van der Waals surface area (Å²) >= 11 is 2.20. The van der Waals surface area contributed by atoms with Crippen molar-refractivity contribution in [2.24, 2.45) is 0 Å². The Bertz CT molecular complexity index is 127. The molecule has 0 heterocycles. The third-order valence-electron chi connectivity index (χ3n) is 2.08. The first kappa shape index (κ1) is 15.7. The normalized spacial score (nSPS) is 11.1. The minimum absolute atomic E-state index is 0.713. The van der Waals surface area contributed by atoms with Crippen LogP contribution in [0.1, 0.15) is 0 Å². The van der Waals surface area contributed by atoms with Crippen molar-refractivity contribution >= 4 is 38.3 Å². The minimum atomic E-state index is 0.713. The van der Waals surface area contributed by atoms with Crippen LogP contribution in [0.25, 0.3) is 0 Å². The molecule has 0 radical (unpaired) electrons. The summed E-state index contributed by atoms with van der Waals surface area (Å²) in [7, 11) is 4.44. The molecule has 0 N–H and O–H groups in total. The van der Waals surface area contributed by atoms with Crippen molar-refractivity contribution in [3.8, 4) is 0 Å². The van der Waals surface area contributed by atoms with E-state index in [2.05, 4.69) is 43.2 Å². The Morgan fingerprint density at radius 1 is 0.867 bits per heavy atom. The van der Waals surface area contributed by atoms with E-state index in [0.717, 1.165) is 24.4 Å². The van der Waals surface area contributed by atoms with E-state index in [0.29, 0.717) is 6.61 Å². The summed E-state index contributed by atoms with van der Waals surface area (Å²) in [6.45, 7) is 5.67. The van der Waals surface area contributed by atoms with Gasteiger partial charge in [-0.15, -0.1) is 0 Å². The second-order valence-electron chi connectivity index (χ2n) is 3.47. The Morgan fingerprint density at radius 3 is 2.00 bits per heavy atom. The highest BCUT2D eigenvalue weighted by Gasteiger charge is 2.01. The quantitative estimate of drug-likeness (QED) is 0.228. The molecule has 0 saturated carbocycles. The number of hydrogen-bond acceptors (Lipinski definition) is 3. The number of alkyl halides is 1. The second-order valence-corrected chi connectivity index (χ2v) is 4.09. The molecule has 0 aromatic rings. The summed E-state index contributed by atoms with van der Waals surface area (Å²) in [5, 5.41) is 0. The molecular weight excluding hydrogens is 303 g/mol. The summed E-state index contributed by atoms with van der Waals surface area (Å²) in [6, 6.07) is 0. The first-order chi connectivity index (χ1) is 7.35. The van der Waals surface area contributed by atoms with Crippen LogP contribution in [0, 0.1) is 0 Å². The zero-order chi connectivity index (χ0) is 11.4. The molecule has 0 amide bonds. The van der Waals surface area contributed by atoms with Crippen molar-refractivity contribution in [1.82, 2.24) is 4.90 Å². The SMILES string of the molecule is BCCN(CCB)CCOCCOCI. The van der Waals surface area contributed by atoms with Crippen LogP contribution in [0.3, 0.4) is 0 Å². The second kappa shape index (κ2) is 12.8. The van der Waals surface area contributed by atoms with Crippen LogP contribution in [0.5, 0.6) is 0 Å². The van der Waals surface area contributed by atoms with Gasteiger partial charge in [0.2, 0.25) is 0 Å². The van der Waals surface area contributed by atoms with Gasteiger partial charge in [0.25, 0.3) is 0 Å². The summed E-state index contributed by atoms with van der Waals surface area (Å²) in [5.74, 6) is 0. The molecule has 0 aliphatic heterocycles. The van der Waals surface area contributed by atoms with Crippen molar-refractivity contribution in [2.75, 3.05) is 44.1 Å². The number of nitrogens with zero attached hydrogens (tertiary/aromatic N) is 1. The van der Waals surface area contributed by atoms with Gasteiger partial charge in [-0.3, -0.25) is 0 Å². The van der Waals surface area contributed by atoms with Gasteiger partial charge in [0.05, 0.1) is 24.4 Å². The van der Waals surface area contributed by atoms with Crippen molar-refractivity contribution < 1.29 is 9.47 Å². The molecule has 15 heavy (non-hydrogen) atoms. The predicted molar refractivity (Wildman–Crippen MR) is 78.8 cm³/mol. The van der Waals surface area contributed by atoms with Gasteiger partial charge >= 0.3 is 0 Å². The molecule has 3 nitrogen and oxygen atoms in total. The molecule has 0 aromatic heterocycles.